The van der Waals surface area contributed by atoms with Gasteiger partial charge in [-0.05, 0) is 24.3 Å². The number of halogens is 1. The minimum absolute atomic E-state index is 0.773. The van der Waals surface area contributed by atoms with Crippen LogP contribution in [0.15, 0.2) is 33.7 Å². The van der Waals surface area contributed by atoms with Crippen LogP contribution in [0, 0.1) is 0 Å². The number of aliphatic imine (C=N–C) groups is 1. The molecule has 0 spiro atoms. The van der Waals surface area contributed by atoms with E-state index in [1.807, 2.05) is 6.07 Å². The monoisotopic (exact) mass is 306 g/mol. The van der Waals surface area contributed by atoms with Gasteiger partial charge < -0.3 is 15.2 Å². The Morgan fingerprint density at radius 2 is 2.33 bits per heavy atom. The summed E-state index contributed by atoms with van der Waals surface area (Å²) in [7, 11) is 2.06. The van der Waals surface area contributed by atoms with E-state index in [9.17, 15) is 0 Å². The molecule has 1 aliphatic rings. The summed E-state index contributed by atoms with van der Waals surface area (Å²) >= 11 is 3.49. The molecule has 4 nitrogen and oxygen atoms in total. The molecule has 94 valence electrons. The lowest BCUT2D eigenvalue weighted by Crippen LogP contribution is -2.35. The van der Waals surface area contributed by atoms with Crippen molar-refractivity contribution in [3.05, 3.63) is 34.4 Å². The Labute approximate surface area is 114 Å². The molecule has 2 N–H and O–H groups in total. The number of hydrogen-bond acceptors (Lipinski definition) is 3. The van der Waals surface area contributed by atoms with E-state index in [1.165, 1.54) is 11.1 Å². The Balaban J connectivity index is 1.75. The first kappa shape index (κ1) is 11.6. The minimum Gasteiger partial charge on any atom is -0.357 e. The molecule has 2 heterocycles. The highest BCUT2D eigenvalue weighted by Crippen LogP contribution is 2.20. The molecule has 1 aromatic heterocycles. The number of likely N-dealkylation sites (N-methyl/N-ethyl adjacent to an activating group) is 1. The number of H-pyrrole nitrogens is 1. The zero-order valence-electron chi connectivity index (χ0n) is 10.2. The Morgan fingerprint density at radius 3 is 3.11 bits per heavy atom. The van der Waals surface area contributed by atoms with Crippen molar-refractivity contribution in [1.29, 1.82) is 0 Å². The lowest BCUT2D eigenvalue weighted by molar-refractivity contribution is 0.533. The number of aromatic nitrogens is 1. The van der Waals surface area contributed by atoms with E-state index in [-0.39, 0.29) is 0 Å². The predicted molar refractivity (Wildman–Crippen MR) is 77.8 cm³/mol. The van der Waals surface area contributed by atoms with Crippen molar-refractivity contribution >= 4 is 32.8 Å². The van der Waals surface area contributed by atoms with Gasteiger partial charge in [-0.1, -0.05) is 15.9 Å². The minimum atomic E-state index is 0.773. The predicted octanol–water partition coefficient (Wildman–Crippen LogP) is 2.32. The van der Waals surface area contributed by atoms with E-state index in [0.29, 0.717) is 0 Å². The van der Waals surface area contributed by atoms with Gasteiger partial charge in [0.2, 0.25) is 0 Å². The number of hydrogen-bond donors (Lipinski definition) is 2. The van der Waals surface area contributed by atoms with E-state index >= 15 is 0 Å². The Morgan fingerprint density at radius 1 is 1.44 bits per heavy atom. The summed E-state index contributed by atoms with van der Waals surface area (Å²) < 4.78 is 1.11. The third kappa shape index (κ3) is 2.22. The van der Waals surface area contributed by atoms with E-state index < -0.39 is 0 Å². The molecule has 5 heteroatoms. The van der Waals surface area contributed by atoms with Crippen LogP contribution < -0.4 is 5.32 Å². The van der Waals surface area contributed by atoms with E-state index in [1.54, 1.807) is 0 Å². The van der Waals surface area contributed by atoms with Crippen molar-refractivity contribution in [2.75, 3.05) is 20.1 Å². The van der Waals surface area contributed by atoms with Crippen molar-refractivity contribution in [2.45, 2.75) is 6.54 Å². The number of nitrogens with one attached hydrogen (secondary N) is 2. The quantitative estimate of drug-likeness (QED) is 0.894. The number of fused-ring (bicyclic) bond motifs is 1. The summed E-state index contributed by atoms with van der Waals surface area (Å²) in [6, 6.07) is 8.42. The van der Waals surface area contributed by atoms with Gasteiger partial charge in [-0.2, -0.15) is 0 Å². The third-order valence-electron chi connectivity index (χ3n) is 3.13. The fourth-order valence-corrected chi connectivity index (χ4v) is 2.54. The van der Waals surface area contributed by atoms with Gasteiger partial charge in [0.15, 0.2) is 5.96 Å². The molecule has 0 amide bonds. The Hall–Kier alpha value is -1.49. The summed E-state index contributed by atoms with van der Waals surface area (Å²) in [6.45, 7) is 2.66. The second-order valence-electron chi connectivity index (χ2n) is 4.51. The summed E-state index contributed by atoms with van der Waals surface area (Å²) in [6.07, 6.45) is 0. The molecule has 0 unspecified atom stereocenters. The van der Waals surface area contributed by atoms with Crippen LogP contribution in [0.25, 0.3) is 10.9 Å². The number of nitrogens with zero attached hydrogens (tertiary/aromatic N) is 2. The van der Waals surface area contributed by atoms with Crippen LogP contribution in [0.2, 0.25) is 0 Å². The average molecular weight is 307 g/mol. The Kier molecular flexibility index (Phi) is 2.99. The highest BCUT2D eigenvalue weighted by molar-refractivity contribution is 9.10. The highest BCUT2D eigenvalue weighted by Gasteiger charge is 2.11. The Bertz CT molecular complexity index is 602. The fraction of sp³-hybridized carbons (Fsp3) is 0.308. The van der Waals surface area contributed by atoms with Gasteiger partial charge in [0, 0.05) is 34.7 Å². The maximum Gasteiger partial charge on any atom is 0.194 e. The zero-order chi connectivity index (χ0) is 12.5. The van der Waals surface area contributed by atoms with Crippen LogP contribution >= 0.6 is 15.9 Å². The van der Waals surface area contributed by atoms with Crippen molar-refractivity contribution in [1.82, 2.24) is 15.2 Å². The molecule has 0 bridgehead atoms. The van der Waals surface area contributed by atoms with Crippen LogP contribution in [0.3, 0.4) is 0 Å². The first-order chi connectivity index (χ1) is 8.72. The SMILES string of the molecule is CN1CCN=C1NCc1cc2cc(Br)ccc2[nH]1. The second-order valence-corrected chi connectivity index (χ2v) is 5.42. The molecule has 0 aliphatic carbocycles. The molecule has 0 fully saturated rings. The molecule has 0 atom stereocenters. The molecule has 3 rings (SSSR count). The second kappa shape index (κ2) is 4.65. The zero-order valence-corrected chi connectivity index (χ0v) is 11.8. The number of guanidine groups is 1. The maximum atomic E-state index is 4.41. The molecule has 18 heavy (non-hydrogen) atoms. The van der Waals surface area contributed by atoms with Gasteiger partial charge >= 0.3 is 0 Å². The number of benzene rings is 1. The topological polar surface area (TPSA) is 43.4 Å². The van der Waals surface area contributed by atoms with E-state index in [4.69, 9.17) is 0 Å². The number of aromatic amines is 1. The first-order valence-electron chi connectivity index (χ1n) is 5.99. The third-order valence-corrected chi connectivity index (χ3v) is 3.63. The fourth-order valence-electron chi connectivity index (χ4n) is 2.16. The van der Waals surface area contributed by atoms with E-state index in [0.717, 1.165) is 35.6 Å². The van der Waals surface area contributed by atoms with Crippen molar-refractivity contribution in [3.8, 4) is 0 Å². The van der Waals surface area contributed by atoms with Crippen molar-refractivity contribution < 1.29 is 0 Å². The van der Waals surface area contributed by atoms with Gasteiger partial charge in [-0.25, -0.2) is 0 Å². The van der Waals surface area contributed by atoms with Gasteiger partial charge in [-0.3, -0.25) is 4.99 Å². The standard InChI is InChI=1S/C13H15BrN4/c1-18-5-4-15-13(18)16-8-11-7-9-6-10(14)2-3-12(9)17-11/h2-3,6-7,17H,4-5,8H2,1H3,(H,15,16). The molecular weight excluding hydrogens is 292 g/mol. The van der Waals surface area contributed by atoms with Crippen LogP contribution in [0.1, 0.15) is 5.69 Å². The highest BCUT2D eigenvalue weighted by atomic mass is 79.9. The number of rotatable bonds is 2. The van der Waals surface area contributed by atoms with Crippen LogP contribution in [0.5, 0.6) is 0 Å². The molecular formula is C13H15BrN4. The average Bonchev–Trinajstić information content (AvgIpc) is 2.92. The van der Waals surface area contributed by atoms with Crippen LogP contribution in [-0.4, -0.2) is 36.0 Å². The lowest BCUT2D eigenvalue weighted by atomic mass is 10.2. The van der Waals surface area contributed by atoms with Gasteiger partial charge in [0.1, 0.15) is 0 Å². The molecule has 0 saturated carbocycles. The summed E-state index contributed by atoms with van der Waals surface area (Å²) in [4.78, 5) is 9.95. The maximum absolute atomic E-state index is 4.41. The smallest absolute Gasteiger partial charge is 0.194 e. The van der Waals surface area contributed by atoms with E-state index in [2.05, 4.69) is 61.4 Å². The lowest BCUT2D eigenvalue weighted by Gasteiger charge is -2.14. The van der Waals surface area contributed by atoms with Crippen molar-refractivity contribution in [2.24, 2.45) is 4.99 Å². The van der Waals surface area contributed by atoms with Crippen molar-refractivity contribution in [3.63, 3.8) is 0 Å². The van der Waals surface area contributed by atoms with Gasteiger partial charge in [-0.15, -0.1) is 0 Å². The molecule has 2 aromatic rings. The summed E-state index contributed by atoms with van der Waals surface area (Å²) in [5.41, 5.74) is 2.34. The van der Waals surface area contributed by atoms with Crippen LogP contribution in [-0.2, 0) is 6.54 Å². The summed E-state index contributed by atoms with van der Waals surface area (Å²) in [5, 5.41) is 4.58. The van der Waals surface area contributed by atoms with Gasteiger partial charge in [0.05, 0.1) is 13.1 Å². The molecule has 0 radical (unpaired) electrons. The summed E-state index contributed by atoms with van der Waals surface area (Å²) in [5.74, 6) is 0.981. The molecule has 1 aromatic carbocycles. The molecule has 1 aliphatic heterocycles. The first-order valence-corrected chi connectivity index (χ1v) is 6.78. The largest absolute Gasteiger partial charge is 0.357 e. The normalized spacial score (nSPS) is 15.2. The molecule has 0 saturated heterocycles. The van der Waals surface area contributed by atoms with Crippen LogP contribution in [0.4, 0.5) is 0 Å². The van der Waals surface area contributed by atoms with Gasteiger partial charge in [0.25, 0.3) is 0 Å².